The van der Waals surface area contributed by atoms with Crippen LogP contribution in [0.15, 0.2) is 17.1 Å². The van der Waals surface area contributed by atoms with Crippen LogP contribution < -0.4 is 10.6 Å². The average molecular weight is 410 g/mol. The number of aryl methyl sites for hydroxylation is 1. The summed E-state index contributed by atoms with van der Waals surface area (Å²) in [6.07, 6.45) is 0. The van der Waals surface area contributed by atoms with Gasteiger partial charge < -0.3 is 15.5 Å². The zero-order valence-corrected chi connectivity index (χ0v) is 16.2. The Bertz CT molecular complexity index is 404. The predicted octanol–water partition coefficient (Wildman–Crippen LogP) is 2.68. The number of likely N-dealkylation sites (N-methyl/N-ethyl adjacent to an activating group) is 1. The molecule has 6 heteroatoms. The molecule has 0 bridgehead atoms. The molecular formula is C14H27IN4S. The first-order valence-corrected chi connectivity index (χ1v) is 7.54. The van der Waals surface area contributed by atoms with E-state index in [0.29, 0.717) is 6.04 Å². The van der Waals surface area contributed by atoms with Crippen LogP contribution in [0.1, 0.15) is 23.6 Å². The number of hydrogen-bond acceptors (Lipinski definition) is 3. The summed E-state index contributed by atoms with van der Waals surface area (Å²) in [5.41, 5.74) is 0. The minimum absolute atomic E-state index is 0. The molecule has 0 aliphatic carbocycles. The van der Waals surface area contributed by atoms with Gasteiger partial charge in [-0.05, 0) is 40.0 Å². The molecule has 4 nitrogen and oxygen atoms in total. The Balaban J connectivity index is 0.00000361. The summed E-state index contributed by atoms with van der Waals surface area (Å²) in [6, 6.07) is 4.88. The van der Waals surface area contributed by atoms with Gasteiger partial charge in [-0.25, -0.2) is 0 Å². The number of guanidine groups is 1. The minimum atomic E-state index is 0. The molecule has 0 atom stereocenters. The normalized spacial score (nSPS) is 11.7. The topological polar surface area (TPSA) is 39.7 Å². The van der Waals surface area contributed by atoms with E-state index in [4.69, 9.17) is 0 Å². The zero-order chi connectivity index (χ0) is 14.3. The molecule has 116 valence electrons. The van der Waals surface area contributed by atoms with E-state index >= 15 is 0 Å². The highest BCUT2D eigenvalue weighted by atomic mass is 127. The summed E-state index contributed by atoms with van der Waals surface area (Å²) in [4.78, 5) is 9.22. The SMILES string of the molecule is CN=C(NCCN(C)C(C)C)NCc1ccc(C)s1.I. The van der Waals surface area contributed by atoms with Crippen molar-refractivity contribution >= 4 is 41.3 Å². The van der Waals surface area contributed by atoms with Crippen molar-refractivity contribution in [3.63, 3.8) is 0 Å². The van der Waals surface area contributed by atoms with Crippen LogP contribution in [0.4, 0.5) is 0 Å². The summed E-state index contributed by atoms with van der Waals surface area (Å²) in [5.74, 6) is 0.864. The Morgan fingerprint density at radius 2 is 2.05 bits per heavy atom. The second kappa shape index (κ2) is 10.4. The molecule has 0 aliphatic rings. The first-order valence-electron chi connectivity index (χ1n) is 6.73. The van der Waals surface area contributed by atoms with Gasteiger partial charge in [-0.3, -0.25) is 4.99 Å². The number of aliphatic imine (C=N–C) groups is 1. The van der Waals surface area contributed by atoms with Crippen LogP contribution in [-0.4, -0.2) is 44.1 Å². The van der Waals surface area contributed by atoms with Crippen LogP contribution in [-0.2, 0) is 6.54 Å². The Morgan fingerprint density at radius 3 is 2.55 bits per heavy atom. The lowest BCUT2D eigenvalue weighted by atomic mass is 10.3. The average Bonchev–Trinajstić information content (AvgIpc) is 2.79. The smallest absolute Gasteiger partial charge is 0.191 e. The standard InChI is InChI=1S/C14H26N4S.HI/c1-11(2)18(5)9-8-16-14(15-4)17-10-13-7-6-12(3)19-13;/h6-7,11H,8-10H2,1-5H3,(H2,15,16,17);1H. The van der Waals surface area contributed by atoms with Crippen molar-refractivity contribution in [1.29, 1.82) is 0 Å². The third-order valence-electron chi connectivity index (χ3n) is 3.09. The quantitative estimate of drug-likeness (QED) is 0.431. The third-order valence-corrected chi connectivity index (χ3v) is 4.09. The number of thiophene rings is 1. The highest BCUT2D eigenvalue weighted by Crippen LogP contribution is 2.14. The van der Waals surface area contributed by atoms with Crippen LogP contribution >= 0.6 is 35.3 Å². The summed E-state index contributed by atoms with van der Waals surface area (Å²) in [6.45, 7) is 9.27. The molecule has 20 heavy (non-hydrogen) atoms. The van der Waals surface area contributed by atoms with Gasteiger partial charge in [-0.1, -0.05) is 0 Å². The van der Waals surface area contributed by atoms with E-state index in [0.717, 1.165) is 25.6 Å². The second-order valence-electron chi connectivity index (χ2n) is 4.94. The predicted molar refractivity (Wildman–Crippen MR) is 100 cm³/mol. The van der Waals surface area contributed by atoms with Crippen molar-refractivity contribution < 1.29 is 0 Å². The Labute approximate surface area is 144 Å². The van der Waals surface area contributed by atoms with Gasteiger partial charge in [0.15, 0.2) is 5.96 Å². The van der Waals surface area contributed by atoms with Crippen LogP contribution in [0.3, 0.4) is 0 Å². The van der Waals surface area contributed by atoms with E-state index in [1.54, 1.807) is 7.05 Å². The van der Waals surface area contributed by atoms with Gasteiger partial charge in [0.2, 0.25) is 0 Å². The van der Waals surface area contributed by atoms with Gasteiger partial charge in [0, 0.05) is 35.9 Å². The minimum Gasteiger partial charge on any atom is -0.355 e. The molecule has 0 saturated heterocycles. The molecule has 1 rings (SSSR count). The van der Waals surface area contributed by atoms with Gasteiger partial charge >= 0.3 is 0 Å². The molecule has 1 heterocycles. The Hall–Kier alpha value is -0.340. The molecular weight excluding hydrogens is 383 g/mol. The molecule has 0 spiro atoms. The van der Waals surface area contributed by atoms with E-state index < -0.39 is 0 Å². The fourth-order valence-corrected chi connectivity index (χ4v) is 2.41. The molecule has 0 fully saturated rings. The molecule has 0 aliphatic heterocycles. The van der Waals surface area contributed by atoms with Crippen molar-refractivity contribution in [2.75, 3.05) is 27.2 Å². The van der Waals surface area contributed by atoms with Crippen molar-refractivity contribution in [3.8, 4) is 0 Å². The molecule has 2 N–H and O–H groups in total. The van der Waals surface area contributed by atoms with Crippen molar-refractivity contribution in [2.24, 2.45) is 4.99 Å². The van der Waals surface area contributed by atoms with Crippen molar-refractivity contribution in [1.82, 2.24) is 15.5 Å². The monoisotopic (exact) mass is 410 g/mol. The molecule has 0 amide bonds. The number of halogens is 1. The highest BCUT2D eigenvalue weighted by molar-refractivity contribution is 14.0. The van der Waals surface area contributed by atoms with Crippen molar-refractivity contribution in [2.45, 2.75) is 33.4 Å². The molecule has 1 aromatic rings. The fraction of sp³-hybridized carbons (Fsp3) is 0.643. The zero-order valence-electron chi connectivity index (χ0n) is 13.1. The number of rotatable bonds is 6. The maximum absolute atomic E-state index is 4.23. The highest BCUT2D eigenvalue weighted by Gasteiger charge is 2.03. The second-order valence-corrected chi connectivity index (χ2v) is 6.31. The van der Waals surface area contributed by atoms with E-state index in [1.165, 1.54) is 9.75 Å². The lowest BCUT2D eigenvalue weighted by molar-refractivity contribution is 0.278. The van der Waals surface area contributed by atoms with Crippen LogP contribution in [0, 0.1) is 6.92 Å². The van der Waals surface area contributed by atoms with Crippen LogP contribution in [0.25, 0.3) is 0 Å². The number of hydrogen-bond donors (Lipinski definition) is 2. The van der Waals surface area contributed by atoms with Gasteiger partial charge in [0.05, 0.1) is 6.54 Å². The van der Waals surface area contributed by atoms with E-state index in [2.05, 4.69) is 60.5 Å². The van der Waals surface area contributed by atoms with Gasteiger partial charge in [0.1, 0.15) is 0 Å². The lowest BCUT2D eigenvalue weighted by Gasteiger charge is -2.21. The Kier molecular flexibility index (Phi) is 10.2. The van der Waals surface area contributed by atoms with Crippen molar-refractivity contribution in [3.05, 3.63) is 21.9 Å². The van der Waals surface area contributed by atoms with Gasteiger partial charge in [-0.15, -0.1) is 35.3 Å². The lowest BCUT2D eigenvalue weighted by Crippen LogP contribution is -2.41. The summed E-state index contributed by atoms with van der Waals surface area (Å²) >= 11 is 1.82. The van der Waals surface area contributed by atoms with Crippen LogP contribution in [0.5, 0.6) is 0 Å². The van der Waals surface area contributed by atoms with E-state index in [-0.39, 0.29) is 24.0 Å². The first-order chi connectivity index (χ1) is 9.02. The molecule has 1 aromatic heterocycles. The molecule has 0 saturated carbocycles. The fourth-order valence-electron chi connectivity index (χ4n) is 1.58. The number of nitrogens with zero attached hydrogens (tertiary/aromatic N) is 2. The van der Waals surface area contributed by atoms with E-state index in [9.17, 15) is 0 Å². The largest absolute Gasteiger partial charge is 0.355 e. The summed E-state index contributed by atoms with van der Waals surface area (Å²) in [7, 11) is 3.94. The summed E-state index contributed by atoms with van der Waals surface area (Å²) in [5, 5.41) is 6.67. The van der Waals surface area contributed by atoms with E-state index in [1.807, 2.05) is 11.3 Å². The summed E-state index contributed by atoms with van der Waals surface area (Å²) < 4.78 is 0. The third kappa shape index (κ3) is 7.44. The van der Waals surface area contributed by atoms with Gasteiger partial charge in [-0.2, -0.15) is 0 Å². The first kappa shape index (κ1) is 19.7. The number of nitrogens with one attached hydrogen (secondary N) is 2. The van der Waals surface area contributed by atoms with Gasteiger partial charge in [0.25, 0.3) is 0 Å². The molecule has 0 aromatic carbocycles. The maximum Gasteiger partial charge on any atom is 0.191 e. The molecule has 0 radical (unpaired) electrons. The molecule has 0 unspecified atom stereocenters. The van der Waals surface area contributed by atoms with Crippen LogP contribution in [0.2, 0.25) is 0 Å². The maximum atomic E-state index is 4.23. The Morgan fingerprint density at radius 1 is 1.35 bits per heavy atom.